The standard InChI is InChI=1S/C6H6/c1-3-5-6-4-2/h1,4-6H,2H2/b6-5+. The van der Waals surface area contributed by atoms with Crippen LogP contribution in [0.2, 0.25) is 0 Å². The molecule has 0 nitrogen and oxygen atoms in total. The van der Waals surface area contributed by atoms with E-state index < -0.39 is 0 Å². The van der Waals surface area contributed by atoms with Crippen molar-refractivity contribution in [2.24, 2.45) is 0 Å². The predicted octanol–water partition coefficient (Wildman–Crippen LogP) is 1.36. The molecular formula is C6H6. The summed E-state index contributed by atoms with van der Waals surface area (Å²) in [6, 6.07) is 0. The van der Waals surface area contributed by atoms with Gasteiger partial charge in [-0.25, -0.2) is 0 Å². The Balaban J connectivity index is 3.26. The lowest BCUT2D eigenvalue weighted by Crippen LogP contribution is -1.39. The molecule has 0 atom stereocenters. The van der Waals surface area contributed by atoms with Gasteiger partial charge in [-0.2, -0.15) is 0 Å². The summed E-state index contributed by atoms with van der Waals surface area (Å²) in [6.07, 6.45) is 9.77. The minimum Gasteiger partial charge on any atom is -0.115 e. The predicted molar refractivity (Wildman–Crippen MR) is 28.2 cm³/mol. The van der Waals surface area contributed by atoms with E-state index in [1.54, 1.807) is 18.2 Å². The van der Waals surface area contributed by atoms with E-state index >= 15 is 0 Å². The molecule has 0 spiro atoms. The van der Waals surface area contributed by atoms with Gasteiger partial charge in [-0.3, -0.25) is 0 Å². The first-order chi connectivity index (χ1) is 2.91. The van der Waals surface area contributed by atoms with Crippen LogP contribution in [0.5, 0.6) is 0 Å². The number of rotatable bonds is 1. The van der Waals surface area contributed by atoms with Gasteiger partial charge in [0.2, 0.25) is 0 Å². The quantitative estimate of drug-likeness (QED) is 0.328. The van der Waals surface area contributed by atoms with Crippen molar-refractivity contribution in [2.45, 2.75) is 0 Å². The third-order valence-electron chi connectivity index (χ3n) is 0.329. The lowest BCUT2D eigenvalue weighted by molar-refractivity contribution is 2.05. The molecule has 0 rings (SSSR count). The molecule has 0 heterocycles. The van der Waals surface area contributed by atoms with Gasteiger partial charge in [0.25, 0.3) is 0 Å². The Morgan fingerprint density at radius 2 is 2.33 bits per heavy atom. The zero-order chi connectivity index (χ0) is 4.83. The Morgan fingerprint density at radius 1 is 1.67 bits per heavy atom. The molecule has 0 aromatic carbocycles. The van der Waals surface area contributed by atoms with Gasteiger partial charge < -0.3 is 0 Å². The van der Waals surface area contributed by atoms with Gasteiger partial charge in [-0.15, -0.1) is 6.42 Å². The van der Waals surface area contributed by atoms with Crippen molar-refractivity contribution in [1.29, 1.82) is 0 Å². The van der Waals surface area contributed by atoms with Crippen molar-refractivity contribution >= 4 is 0 Å². The van der Waals surface area contributed by atoms with Gasteiger partial charge in [0.15, 0.2) is 0 Å². The van der Waals surface area contributed by atoms with Crippen molar-refractivity contribution in [1.82, 2.24) is 0 Å². The van der Waals surface area contributed by atoms with E-state index in [-0.39, 0.29) is 0 Å². The van der Waals surface area contributed by atoms with Crippen molar-refractivity contribution in [3.8, 4) is 12.3 Å². The third-order valence-corrected chi connectivity index (χ3v) is 0.329. The molecule has 0 aromatic rings. The highest BCUT2D eigenvalue weighted by atomic mass is 13.5. The summed E-state index contributed by atoms with van der Waals surface area (Å²) >= 11 is 0. The van der Waals surface area contributed by atoms with Crippen LogP contribution in [-0.2, 0) is 0 Å². The molecule has 30 valence electrons. The molecule has 0 saturated carbocycles. The number of hydrogen-bond donors (Lipinski definition) is 0. The second-order valence-corrected chi connectivity index (χ2v) is 0.761. The molecule has 0 bridgehead atoms. The zero-order valence-electron chi connectivity index (χ0n) is 3.52. The number of hydrogen-bond acceptors (Lipinski definition) is 0. The maximum absolute atomic E-state index is 4.83. The molecule has 0 saturated heterocycles. The molecule has 0 aliphatic carbocycles. The van der Waals surface area contributed by atoms with Crippen molar-refractivity contribution in [3.05, 3.63) is 24.8 Å². The van der Waals surface area contributed by atoms with Crippen molar-refractivity contribution in [3.63, 3.8) is 0 Å². The summed E-state index contributed by atoms with van der Waals surface area (Å²) < 4.78 is 0. The van der Waals surface area contributed by atoms with E-state index in [1.165, 1.54) is 0 Å². The Labute approximate surface area is 38.2 Å². The van der Waals surface area contributed by atoms with Gasteiger partial charge in [0.05, 0.1) is 0 Å². The fourth-order valence-corrected chi connectivity index (χ4v) is 0.124. The van der Waals surface area contributed by atoms with Crippen LogP contribution < -0.4 is 0 Å². The minimum atomic E-state index is 1.59. The summed E-state index contributed by atoms with van der Waals surface area (Å²) in [6.45, 7) is 3.42. The van der Waals surface area contributed by atoms with Crippen molar-refractivity contribution in [2.75, 3.05) is 0 Å². The summed E-state index contributed by atoms with van der Waals surface area (Å²) in [5.74, 6) is 2.32. The first-order valence-corrected chi connectivity index (χ1v) is 1.65. The van der Waals surface area contributed by atoms with Crippen LogP contribution >= 0.6 is 0 Å². The lowest BCUT2D eigenvalue weighted by Gasteiger charge is -1.57. The van der Waals surface area contributed by atoms with Crippen LogP contribution in [0.1, 0.15) is 0 Å². The molecular weight excluding hydrogens is 72.1 g/mol. The molecule has 0 heteroatoms. The van der Waals surface area contributed by atoms with Crippen LogP contribution in [0.3, 0.4) is 0 Å². The molecule has 0 amide bonds. The number of terminal acetylenes is 1. The lowest BCUT2D eigenvalue weighted by atomic mass is 10.5. The molecule has 0 radical (unpaired) electrons. The second kappa shape index (κ2) is 4.04. The van der Waals surface area contributed by atoms with Gasteiger partial charge in [0.1, 0.15) is 0 Å². The largest absolute Gasteiger partial charge is 0.115 e. The smallest absolute Gasteiger partial charge is 0.0122 e. The maximum atomic E-state index is 4.83. The van der Waals surface area contributed by atoms with Gasteiger partial charge in [0, 0.05) is 0 Å². The SMILES string of the molecule is C#C/C=C/C=C. The minimum absolute atomic E-state index is 1.59. The van der Waals surface area contributed by atoms with E-state index in [0.717, 1.165) is 0 Å². The zero-order valence-corrected chi connectivity index (χ0v) is 3.52. The van der Waals surface area contributed by atoms with E-state index in [2.05, 4.69) is 12.5 Å². The summed E-state index contributed by atoms with van der Waals surface area (Å²) in [4.78, 5) is 0. The molecule has 0 aliphatic heterocycles. The van der Waals surface area contributed by atoms with Gasteiger partial charge >= 0.3 is 0 Å². The van der Waals surface area contributed by atoms with Crippen LogP contribution in [0.4, 0.5) is 0 Å². The molecule has 0 fully saturated rings. The highest BCUT2D eigenvalue weighted by molar-refractivity contribution is 5.13. The summed E-state index contributed by atoms with van der Waals surface area (Å²) in [5.41, 5.74) is 0. The topological polar surface area (TPSA) is 0 Å². The molecule has 0 aromatic heterocycles. The summed E-state index contributed by atoms with van der Waals surface area (Å²) in [5, 5.41) is 0. The first kappa shape index (κ1) is 5.04. The van der Waals surface area contributed by atoms with E-state index in [0.29, 0.717) is 0 Å². The monoisotopic (exact) mass is 78.0 g/mol. The Bertz CT molecular complexity index is 91.1. The molecule has 6 heavy (non-hydrogen) atoms. The Morgan fingerprint density at radius 3 is 2.50 bits per heavy atom. The van der Waals surface area contributed by atoms with E-state index in [4.69, 9.17) is 6.42 Å². The highest BCUT2D eigenvalue weighted by Gasteiger charge is 1.47. The Hall–Kier alpha value is -0.960. The van der Waals surface area contributed by atoms with E-state index in [1.807, 2.05) is 0 Å². The average molecular weight is 78.1 g/mol. The second-order valence-electron chi connectivity index (χ2n) is 0.761. The van der Waals surface area contributed by atoms with Crippen LogP contribution in [0, 0.1) is 12.3 Å². The normalized spacial score (nSPS) is 7.83. The van der Waals surface area contributed by atoms with E-state index in [9.17, 15) is 0 Å². The molecule has 0 unspecified atom stereocenters. The third kappa shape index (κ3) is 3.04. The highest BCUT2D eigenvalue weighted by Crippen LogP contribution is 1.65. The van der Waals surface area contributed by atoms with Crippen LogP contribution in [0.25, 0.3) is 0 Å². The fourth-order valence-electron chi connectivity index (χ4n) is 0.124. The van der Waals surface area contributed by atoms with Crippen molar-refractivity contribution < 1.29 is 0 Å². The maximum Gasteiger partial charge on any atom is -0.0122 e. The van der Waals surface area contributed by atoms with Crippen LogP contribution in [-0.4, -0.2) is 0 Å². The first-order valence-electron chi connectivity index (χ1n) is 1.65. The summed E-state index contributed by atoms with van der Waals surface area (Å²) in [7, 11) is 0. The Kier molecular flexibility index (Phi) is 3.39. The van der Waals surface area contributed by atoms with Gasteiger partial charge in [-0.1, -0.05) is 24.7 Å². The molecule has 0 N–H and O–H groups in total. The number of allylic oxidation sites excluding steroid dienone is 3. The fraction of sp³-hybridized carbons (Fsp3) is 0. The van der Waals surface area contributed by atoms with Crippen LogP contribution in [0.15, 0.2) is 24.8 Å². The average Bonchev–Trinajstić information content (AvgIpc) is 1.61. The van der Waals surface area contributed by atoms with Gasteiger partial charge in [-0.05, 0) is 6.08 Å². The molecule has 0 aliphatic rings.